The second-order valence-electron chi connectivity index (χ2n) is 4.23. The maximum Gasteiger partial charge on any atom is 0.264 e. The van der Waals surface area contributed by atoms with Gasteiger partial charge in [-0.1, -0.05) is 6.92 Å². The van der Waals surface area contributed by atoms with Gasteiger partial charge in [0.2, 0.25) is 5.91 Å². The van der Waals surface area contributed by atoms with Gasteiger partial charge in [0.05, 0.1) is 12.2 Å². The summed E-state index contributed by atoms with van der Waals surface area (Å²) < 4.78 is 0. The highest BCUT2D eigenvalue weighted by atomic mass is 32.1. The second-order valence-corrected chi connectivity index (χ2v) is 5.23. The number of carbonyl (C=O) groups is 2. The van der Waals surface area contributed by atoms with Crippen LogP contribution >= 0.6 is 11.3 Å². The van der Waals surface area contributed by atoms with Gasteiger partial charge in [-0.3, -0.25) is 9.59 Å². The summed E-state index contributed by atoms with van der Waals surface area (Å²) in [5.41, 5.74) is 6.34. The summed E-state index contributed by atoms with van der Waals surface area (Å²) in [7, 11) is 0. The lowest BCUT2D eigenvalue weighted by molar-refractivity contribution is -0.120. The molecule has 2 aromatic heterocycles. The van der Waals surface area contributed by atoms with Crippen molar-refractivity contribution in [2.75, 3.05) is 18.8 Å². The Balaban J connectivity index is 2.04. The van der Waals surface area contributed by atoms with E-state index in [-0.39, 0.29) is 18.4 Å². The minimum atomic E-state index is -0.350. The molecule has 0 spiro atoms. The predicted molar refractivity (Wildman–Crippen MR) is 79.7 cm³/mol. The fourth-order valence-corrected chi connectivity index (χ4v) is 2.67. The lowest BCUT2D eigenvalue weighted by atomic mass is 10.2. The maximum absolute atomic E-state index is 12.0. The monoisotopic (exact) mass is 292 g/mol. The number of rotatable bonds is 5. The third-order valence-corrected chi connectivity index (χ3v) is 3.82. The number of hydrogen-bond acceptors (Lipinski definition) is 5. The topological polar surface area (TPSA) is 97.1 Å². The number of pyridine rings is 1. The Morgan fingerprint density at radius 1 is 1.40 bits per heavy atom. The number of amides is 2. The second kappa shape index (κ2) is 6.33. The first-order valence-corrected chi connectivity index (χ1v) is 7.13. The van der Waals surface area contributed by atoms with Crippen molar-refractivity contribution < 1.29 is 9.59 Å². The van der Waals surface area contributed by atoms with Crippen LogP contribution in [0, 0.1) is 0 Å². The Kier molecular flexibility index (Phi) is 4.52. The van der Waals surface area contributed by atoms with E-state index in [0.717, 1.165) is 11.8 Å². The number of nitrogens with zero attached hydrogens (tertiary/aromatic N) is 1. The van der Waals surface area contributed by atoms with E-state index in [9.17, 15) is 9.59 Å². The van der Waals surface area contributed by atoms with Crippen molar-refractivity contribution in [1.82, 2.24) is 15.6 Å². The van der Waals surface area contributed by atoms with Crippen molar-refractivity contribution in [2.45, 2.75) is 13.3 Å². The molecule has 6 nitrogen and oxygen atoms in total. The van der Waals surface area contributed by atoms with Gasteiger partial charge in [-0.25, -0.2) is 4.98 Å². The summed E-state index contributed by atoms with van der Waals surface area (Å²) in [6.45, 7) is 2.51. The van der Waals surface area contributed by atoms with Crippen LogP contribution in [-0.4, -0.2) is 29.9 Å². The van der Waals surface area contributed by atoms with Gasteiger partial charge in [0.25, 0.3) is 5.91 Å². The Morgan fingerprint density at radius 3 is 2.90 bits per heavy atom. The molecule has 0 fully saturated rings. The molecule has 0 aromatic carbocycles. The van der Waals surface area contributed by atoms with Crippen molar-refractivity contribution in [3.05, 3.63) is 23.2 Å². The molecule has 7 heteroatoms. The van der Waals surface area contributed by atoms with E-state index in [1.807, 2.05) is 13.0 Å². The molecule has 0 aliphatic rings. The Bertz CT molecular complexity index is 638. The first-order chi connectivity index (χ1) is 9.63. The van der Waals surface area contributed by atoms with E-state index in [4.69, 9.17) is 5.73 Å². The lowest BCUT2D eigenvalue weighted by Crippen LogP contribution is -2.37. The molecule has 20 heavy (non-hydrogen) atoms. The highest BCUT2D eigenvalue weighted by molar-refractivity contribution is 7.21. The number of anilines is 1. The zero-order chi connectivity index (χ0) is 14.5. The summed E-state index contributed by atoms with van der Waals surface area (Å²) in [5.74, 6) is -0.560. The van der Waals surface area contributed by atoms with Gasteiger partial charge in [-0.05, 0) is 18.6 Å². The van der Waals surface area contributed by atoms with Gasteiger partial charge in [0, 0.05) is 18.1 Å². The van der Waals surface area contributed by atoms with E-state index in [1.54, 1.807) is 12.3 Å². The molecule has 4 N–H and O–H groups in total. The van der Waals surface area contributed by atoms with Crippen molar-refractivity contribution >= 4 is 39.1 Å². The van der Waals surface area contributed by atoms with Crippen molar-refractivity contribution in [3.63, 3.8) is 0 Å². The fraction of sp³-hybridized carbons (Fsp3) is 0.308. The molecule has 0 unspecified atom stereocenters. The van der Waals surface area contributed by atoms with Crippen LogP contribution < -0.4 is 16.4 Å². The number of hydrogen-bond donors (Lipinski definition) is 3. The van der Waals surface area contributed by atoms with E-state index in [2.05, 4.69) is 15.6 Å². The third-order valence-electron chi connectivity index (χ3n) is 2.69. The summed E-state index contributed by atoms with van der Waals surface area (Å²) >= 11 is 1.22. The van der Waals surface area contributed by atoms with Crippen LogP contribution in [0.25, 0.3) is 10.2 Å². The number of carbonyl (C=O) groups excluding carboxylic acids is 2. The number of fused-ring (bicyclic) bond motifs is 1. The average molecular weight is 292 g/mol. The van der Waals surface area contributed by atoms with Crippen LogP contribution in [0.5, 0.6) is 0 Å². The van der Waals surface area contributed by atoms with Crippen LogP contribution in [0.4, 0.5) is 5.69 Å². The van der Waals surface area contributed by atoms with Crippen molar-refractivity contribution in [2.24, 2.45) is 0 Å². The summed E-state index contributed by atoms with van der Waals surface area (Å²) in [6.07, 6.45) is 2.51. The molecule has 0 radical (unpaired) electrons. The van der Waals surface area contributed by atoms with E-state index >= 15 is 0 Å². The zero-order valence-electron chi connectivity index (χ0n) is 11.1. The first-order valence-electron chi connectivity index (χ1n) is 6.31. The molecule has 0 aliphatic heterocycles. The maximum atomic E-state index is 12.0. The quantitative estimate of drug-likeness (QED) is 0.769. The molecule has 0 aliphatic carbocycles. The van der Waals surface area contributed by atoms with Gasteiger partial charge in [0.15, 0.2) is 0 Å². The van der Waals surface area contributed by atoms with E-state index in [1.165, 1.54) is 11.3 Å². The van der Waals surface area contributed by atoms with Gasteiger partial charge in [-0.15, -0.1) is 11.3 Å². The summed E-state index contributed by atoms with van der Waals surface area (Å²) in [4.78, 5) is 28.7. The molecule has 2 heterocycles. The van der Waals surface area contributed by atoms with Crippen molar-refractivity contribution in [3.8, 4) is 0 Å². The van der Waals surface area contributed by atoms with Crippen LogP contribution in [0.1, 0.15) is 23.0 Å². The fourth-order valence-electron chi connectivity index (χ4n) is 1.69. The summed E-state index contributed by atoms with van der Waals surface area (Å²) in [6, 6.07) is 3.59. The Hall–Kier alpha value is -2.15. The van der Waals surface area contributed by atoms with Gasteiger partial charge in [-0.2, -0.15) is 0 Å². The van der Waals surface area contributed by atoms with Gasteiger partial charge in [0.1, 0.15) is 9.71 Å². The van der Waals surface area contributed by atoms with Crippen molar-refractivity contribution in [1.29, 1.82) is 0 Å². The third kappa shape index (κ3) is 3.05. The minimum absolute atomic E-state index is 0.0556. The van der Waals surface area contributed by atoms with Crippen LogP contribution in [0.3, 0.4) is 0 Å². The number of nitrogen functional groups attached to an aromatic ring is 1. The molecule has 2 amide bonds. The molecule has 106 valence electrons. The van der Waals surface area contributed by atoms with E-state index in [0.29, 0.717) is 21.9 Å². The molecule has 2 rings (SSSR count). The lowest BCUT2D eigenvalue weighted by Gasteiger charge is -2.05. The smallest absolute Gasteiger partial charge is 0.264 e. The molecule has 0 bridgehead atoms. The van der Waals surface area contributed by atoms with E-state index < -0.39 is 0 Å². The molecular formula is C13H16N4O2S. The SMILES string of the molecule is CCCNC(=O)CNC(=O)c1sc2ncccc2c1N. The zero-order valence-corrected chi connectivity index (χ0v) is 11.9. The number of aromatic nitrogens is 1. The highest BCUT2D eigenvalue weighted by Gasteiger charge is 2.17. The Morgan fingerprint density at radius 2 is 2.20 bits per heavy atom. The van der Waals surface area contributed by atoms with Gasteiger partial charge < -0.3 is 16.4 Å². The average Bonchev–Trinajstić information content (AvgIpc) is 2.80. The van der Waals surface area contributed by atoms with Crippen LogP contribution in [0.15, 0.2) is 18.3 Å². The molecule has 0 saturated heterocycles. The van der Waals surface area contributed by atoms with Gasteiger partial charge >= 0.3 is 0 Å². The molecular weight excluding hydrogens is 276 g/mol. The first kappa shape index (κ1) is 14.3. The minimum Gasteiger partial charge on any atom is -0.397 e. The largest absolute Gasteiger partial charge is 0.397 e. The molecule has 0 atom stereocenters. The highest BCUT2D eigenvalue weighted by Crippen LogP contribution is 2.31. The number of nitrogens with two attached hydrogens (primary N) is 1. The number of thiophene rings is 1. The molecule has 2 aromatic rings. The normalized spacial score (nSPS) is 10.4. The van der Waals surface area contributed by atoms with Crippen LogP contribution in [-0.2, 0) is 4.79 Å². The summed E-state index contributed by atoms with van der Waals surface area (Å²) in [5, 5.41) is 6.01. The predicted octanol–water partition coefficient (Wildman–Crippen LogP) is 1.13. The van der Waals surface area contributed by atoms with Crippen LogP contribution in [0.2, 0.25) is 0 Å². The standard InChI is InChI=1S/C13H16N4O2S/c1-2-5-15-9(18)7-17-12(19)11-10(14)8-4-3-6-16-13(8)20-11/h3-4,6H,2,5,7,14H2,1H3,(H,15,18)(H,17,19). The Labute approximate surface area is 120 Å². The molecule has 0 saturated carbocycles. The number of nitrogens with one attached hydrogen (secondary N) is 2.